The molecule has 1 unspecified atom stereocenters. The van der Waals surface area contributed by atoms with E-state index in [9.17, 15) is 4.79 Å². The van der Waals surface area contributed by atoms with Crippen LogP contribution in [0.5, 0.6) is 0 Å². The first-order valence-electron chi connectivity index (χ1n) is 5.09. The second kappa shape index (κ2) is 5.82. The summed E-state index contributed by atoms with van der Waals surface area (Å²) in [7, 11) is 1.65. The van der Waals surface area contributed by atoms with Crippen molar-refractivity contribution in [2.24, 2.45) is 0 Å². The fraction of sp³-hybridized carbons (Fsp3) is 0.889. The van der Waals surface area contributed by atoms with Gasteiger partial charge in [-0.3, -0.25) is 0 Å². The van der Waals surface area contributed by atoms with E-state index in [4.69, 9.17) is 5.11 Å². The summed E-state index contributed by atoms with van der Waals surface area (Å²) in [6, 6.07) is 0.385. The number of nitrogens with zero attached hydrogens (tertiary/aromatic N) is 1. The number of hydrogen-bond acceptors (Lipinski definition) is 3. The van der Waals surface area contributed by atoms with E-state index in [1.807, 2.05) is 0 Å². The summed E-state index contributed by atoms with van der Waals surface area (Å²) in [5.41, 5.74) is 0. The Hall–Kier alpha value is -0.810. The molecule has 0 radical (unpaired) electrons. The van der Waals surface area contributed by atoms with E-state index >= 15 is 0 Å². The minimum atomic E-state index is -0.00328. The van der Waals surface area contributed by atoms with Crippen LogP contribution >= 0.6 is 0 Å². The van der Waals surface area contributed by atoms with Crippen molar-refractivity contribution in [2.75, 3.05) is 33.3 Å². The third kappa shape index (κ3) is 3.16. The van der Waals surface area contributed by atoms with Gasteiger partial charge in [0.2, 0.25) is 0 Å². The van der Waals surface area contributed by atoms with Gasteiger partial charge in [0.15, 0.2) is 0 Å². The average molecular weight is 201 g/mol. The number of urea groups is 1. The molecule has 0 aromatic carbocycles. The standard InChI is InChI=1S/C9H19N3O2/c1-10-9(14)12-5-3-8(7-12)11-4-2-6-13/h8,11,13H,2-7H2,1H3,(H,10,14). The minimum Gasteiger partial charge on any atom is -0.396 e. The van der Waals surface area contributed by atoms with Crippen molar-refractivity contribution < 1.29 is 9.90 Å². The van der Waals surface area contributed by atoms with Crippen molar-refractivity contribution in [1.29, 1.82) is 0 Å². The molecule has 0 aromatic rings. The van der Waals surface area contributed by atoms with Gasteiger partial charge in [-0.15, -0.1) is 0 Å². The second-order valence-electron chi connectivity index (χ2n) is 3.52. The molecule has 2 amide bonds. The van der Waals surface area contributed by atoms with Gasteiger partial charge in [-0.25, -0.2) is 4.79 Å². The fourth-order valence-corrected chi connectivity index (χ4v) is 1.65. The Morgan fingerprint density at radius 2 is 2.43 bits per heavy atom. The van der Waals surface area contributed by atoms with Gasteiger partial charge >= 0.3 is 6.03 Å². The van der Waals surface area contributed by atoms with Crippen molar-refractivity contribution in [3.05, 3.63) is 0 Å². The zero-order chi connectivity index (χ0) is 10.4. The highest BCUT2D eigenvalue weighted by atomic mass is 16.3. The van der Waals surface area contributed by atoms with Crippen molar-refractivity contribution in [2.45, 2.75) is 18.9 Å². The smallest absolute Gasteiger partial charge is 0.317 e. The number of nitrogens with one attached hydrogen (secondary N) is 2. The van der Waals surface area contributed by atoms with E-state index in [0.29, 0.717) is 6.04 Å². The van der Waals surface area contributed by atoms with Crippen LogP contribution in [0.25, 0.3) is 0 Å². The predicted octanol–water partition coefficient (Wildman–Crippen LogP) is -0.628. The molecule has 0 spiro atoms. The summed E-state index contributed by atoms with van der Waals surface area (Å²) in [5.74, 6) is 0. The van der Waals surface area contributed by atoms with Crippen LogP contribution in [-0.4, -0.2) is 55.4 Å². The highest BCUT2D eigenvalue weighted by Crippen LogP contribution is 2.08. The molecule has 82 valence electrons. The van der Waals surface area contributed by atoms with Crippen molar-refractivity contribution in [3.8, 4) is 0 Å². The van der Waals surface area contributed by atoms with E-state index in [1.54, 1.807) is 11.9 Å². The molecule has 5 heteroatoms. The summed E-state index contributed by atoms with van der Waals surface area (Å²) in [4.78, 5) is 13.0. The molecule has 3 N–H and O–H groups in total. The Kier molecular flexibility index (Phi) is 4.69. The first-order chi connectivity index (χ1) is 6.77. The van der Waals surface area contributed by atoms with Gasteiger partial charge in [-0.2, -0.15) is 0 Å². The van der Waals surface area contributed by atoms with Crippen LogP contribution < -0.4 is 10.6 Å². The molecule has 0 aromatic heterocycles. The molecule has 0 aliphatic carbocycles. The summed E-state index contributed by atoms with van der Waals surface area (Å²) in [5, 5.41) is 14.5. The van der Waals surface area contributed by atoms with Gasteiger partial charge in [0.1, 0.15) is 0 Å². The molecule has 1 saturated heterocycles. The Morgan fingerprint density at radius 1 is 1.64 bits per heavy atom. The van der Waals surface area contributed by atoms with Crippen LogP contribution in [0.15, 0.2) is 0 Å². The van der Waals surface area contributed by atoms with Crippen molar-refractivity contribution >= 4 is 6.03 Å². The molecular formula is C9H19N3O2. The zero-order valence-electron chi connectivity index (χ0n) is 8.62. The number of carbonyl (C=O) groups excluding carboxylic acids is 1. The number of aliphatic hydroxyl groups is 1. The number of amides is 2. The van der Waals surface area contributed by atoms with Crippen LogP contribution in [0, 0.1) is 0 Å². The van der Waals surface area contributed by atoms with E-state index in [0.717, 1.165) is 32.5 Å². The Bertz CT molecular complexity index is 187. The molecule has 1 heterocycles. The highest BCUT2D eigenvalue weighted by Gasteiger charge is 2.24. The minimum absolute atomic E-state index is 0.00328. The molecule has 14 heavy (non-hydrogen) atoms. The molecule has 0 saturated carbocycles. The lowest BCUT2D eigenvalue weighted by molar-refractivity contribution is 0.210. The van der Waals surface area contributed by atoms with Gasteiger partial charge in [0, 0.05) is 32.8 Å². The summed E-state index contributed by atoms with van der Waals surface area (Å²) < 4.78 is 0. The third-order valence-corrected chi connectivity index (χ3v) is 2.46. The lowest BCUT2D eigenvalue weighted by Crippen LogP contribution is -2.39. The maximum absolute atomic E-state index is 11.2. The van der Waals surface area contributed by atoms with Gasteiger partial charge < -0.3 is 20.6 Å². The van der Waals surface area contributed by atoms with Gasteiger partial charge in [0.25, 0.3) is 0 Å². The van der Waals surface area contributed by atoms with Gasteiger partial charge in [-0.1, -0.05) is 0 Å². The lowest BCUT2D eigenvalue weighted by Gasteiger charge is -2.16. The van der Waals surface area contributed by atoms with Crippen LogP contribution in [0.2, 0.25) is 0 Å². The average Bonchev–Trinajstić information content (AvgIpc) is 2.66. The quantitative estimate of drug-likeness (QED) is 0.531. The summed E-state index contributed by atoms with van der Waals surface area (Å²) in [6.45, 7) is 2.63. The topological polar surface area (TPSA) is 64.6 Å². The zero-order valence-corrected chi connectivity index (χ0v) is 8.62. The predicted molar refractivity (Wildman–Crippen MR) is 54.1 cm³/mol. The molecule has 1 rings (SSSR count). The fourth-order valence-electron chi connectivity index (χ4n) is 1.65. The Balaban J connectivity index is 2.17. The number of likely N-dealkylation sites (tertiary alicyclic amines) is 1. The maximum Gasteiger partial charge on any atom is 0.317 e. The highest BCUT2D eigenvalue weighted by molar-refractivity contribution is 5.74. The molecule has 0 bridgehead atoms. The van der Waals surface area contributed by atoms with Gasteiger partial charge in [-0.05, 0) is 19.4 Å². The SMILES string of the molecule is CNC(=O)N1CCC(NCCCO)C1. The van der Waals surface area contributed by atoms with Crippen LogP contribution in [0.4, 0.5) is 4.79 Å². The largest absolute Gasteiger partial charge is 0.396 e. The van der Waals surface area contributed by atoms with Gasteiger partial charge in [0.05, 0.1) is 0 Å². The molecule has 5 nitrogen and oxygen atoms in total. The van der Waals surface area contributed by atoms with Crippen LogP contribution in [0.1, 0.15) is 12.8 Å². The first-order valence-corrected chi connectivity index (χ1v) is 5.09. The lowest BCUT2D eigenvalue weighted by atomic mass is 10.2. The summed E-state index contributed by atoms with van der Waals surface area (Å²) >= 11 is 0. The maximum atomic E-state index is 11.2. The van der Waals surface area contributed by atoms with E-state index in [2.05, 4.69) is 10.6 Å². The molecule has 1 atom stereocenters. The van der Waals surface area contributed by atoms with E-state index < -0.39 is 0 Å². The van der Waals surface area contributed by atoms with Crippen LogP contribution in [-0.2, 0) is 0 Å². The molecule has 1 fully saturated rings. The number of aliphatic hydroxyl groups excluding tert-OH is 1. The Labute approximate surface area is 84.5 Å². The van der Waals surface area contributed by atoms with Crippen molar-refractivity contribution in [1.82, 2.24) is 15.5 Å². The monoisotopic (exact) mass is 201 g/mol. The third-order valence-electron chi connectivity index (χ3n) is 2.46. The molecule has 1 aliphatic rings. The normalized spacial score (nSPS) is 21.3. The molecular weight excluding hydrogens is 182 g/mol. The second-order valence-corrected chi connectivity index (χ2v) is 3.52. The number of carbonyl (C=O) groups is 1. The van der Waals surface area contributed by atoms with E-state index in [1.165, 1.54) is 0 Å². The number of rotatable bonds is 4. The molecule has 1 aliphatic heterocycles. The Morgan fingerprint density at radius 3 is 3.07 bits per heavy atom. The number of hydrogen-bond donors (Lipinski definition) is 3. The van der Waals surface area contributed by atoms with Crippen molar-refractivity contribution in [3.63, 3.8) is 0 Å². The first kappa shape index (κ1) is 11.3. The van der Waals surface area contributed by atoms with E-state index in [-0.39, 0.29) is 12.6 Å². The summed E-state index contributed by atoms with van der Waals surface area (Å²) in [6.07, 6.45) is 1.77. The van der Waals surface area contributed by atoms with Crippen LogP contribution in [0.3, 0.4) is 0 Å².